The van der Waals surface area contributed by atoms with E-state index < -0.39 is 0 Å². The SMILES string of the molecule is CCCc1ccc(OCC(=O)N(C(C)C)C(C)C)c(Br)c1. The third-order valence-corrected chi connectivity index (χ3v) is 3.91. The number of nitrogens with zero attached hydrogens (tertiary/aromatic N) is 1. The second kappa shape index (κ2) is 8.42. The van der Waals surface area contributed by atoms with Crippen molar-refractivity contribution in [2.45, 2.75) is 59.5 Å². The van der Waals surface area contributed by atoms with Gasteiger partial charge in [0.05, 0.1) is 4.47 Å². The van der Waals surface area contributed by atoms with Crippen LogP contribution in [0.25, 0.3) is 0 Å². The molecule has 0 atom stereocenters. The summed E-state index contributed by atoms with van der Waals surface area (Å²) >= 11 is 3.51. The first-order chi connectivity index (χ1) is 9.86. The molecule has 1 rings (SSSR count). The molecule has 0 saturated carbocycles. The minimum absolute atomic E-state index is 0.0181. The van der Waals surface area contributed by atoms with Crippen molar-refractivity contribution in [2.24, 2.45) is 0 Å². The summed E-state index contributed by atoms with van der Waals surface area (Å²) in [7, 11) is 0. The van der Waals surface area contributed by atoms with Gasteiger partial charge in [0, 0.05) is 12.1 Å². The van der Waals surface area contributed by atoms with Crippen molar-refractivity contribution in [3.8, 4) is 5.75 Å². The van der Waals surface area contributed by atoms with Gasteiger partial charge in [-0.25, -0.2) is 0 Å². The molecular formula is C17H26BrNO2. The van der Waals surface area contributed by atoms with Gasteiger partial charge in [-0.1, -0.05) is 19.4 Å². The molecule has 0 heterocycles. The smallest absolute Gasteiger partial charge is 0.260 e. The van der Waals surface area contributed by atoms with Crippen LogP contribution in [0.3, 0.4) is 0 Å². The topological polar surface area (TPSA) is 29.5 Å². The van der Waals surface area contributed by atoms with Crippen LogP contribution < -0.4 is 4.74 Å². The maximum Gasteiger partial charge on any atom is 0.260 e. The molecule has 1 aromatic rings. The lowest BCUT2D eigenvalue weighted by molar-refractivity contribution is -0.137. The van der Waals surface area contributed by atoms with Crippen molar-refractivity contribution in [3.63, 3.8) is 0 Å². The Morgan fingerprint density at radius 3 is 2.33 bits per heavy atom. The van der Waals surface area contributed by atoms with Gasteiger partial charge >= 0.3 is 0 Å². The van der Waals surface area contributed by atoms with Gasteiger partial charge in [0.25, 0.3) is 5.91 Å². The van der Waals surface area contributed by atoms with Gasteiger partial charge in [-0.15, -0.1) is 0 Å². The third kappa shape index (κ3) is 5.34. The Balaban J connectivity index is 2.68. The normalized spacial score (nSPS) is 11.0. The average Bonchev–Trinajstić information content (AvgIpc) is 2.37. The van der Waals surface area contributed by atoms with Gasteiger partial charge in [0.1, 0.15) is 5.75 Å². The highest BCUT2D eigenvalue weighted by molar-refractivity contribution is 9.10. The van der Waals surface area contributed by atoms with E-state index >= 15 is 0 Å². The first-order valence-corrected chi connectivity index (χ1v) is 8.38. The van der Waals surface area contributed by atoms with Crippen molar-refractivity contribution in [1.29, 1.82) is 0 Å². The fraction of sp³-hybridized carbons (Fsp3) is 0.588. The van der Waals surface area contributed by atoms with E-state index in [2.05, 4.69) is 35.0 Å². The fourth-order valence-electron chi connectivity index (χ4n) is 2.49. The summed E-state index contributed by atoms with van der Waals surface area (Å²) in [6.07, 6.45) is 2.16. The molecule has 0 aromatic heterocycles. The van der Waals surface area contributed by atoms with Crippen LogP contribution in [0.2, 0.25) is 0 Å². The van der Waals surface area contributed by atoms with E-state index in [4.69, 9.17) is 4.74 Å². The maximum absolute atomic E-state index is 12.3. The van der Waals surface area contributed by atoms with Crippen LogP contribution in [-0.2, 0) is 11.2 Å². The molecule has 0 fully saturated rings. The lowest BCUT2D eigenvalue weighted by atomic mass is 10.1. The maximum atomic E-state index is 12.3. The zero-order chi connectivity index (χ0) is 16.0. The van der Waals surface area contributed by atoms with E-state index in [1.165, 1.54) is 5.56 Å². The van der Waals surface area contributed by atoms with E-state index in [0.29, 0.717) is 0 Å². The molecule has 0 aliphatic carbocycles. The third-order valence-electron chi connectivity index (χ3n) is 3.29. The lowest BCUT2D eigenvalue weighted by Crippen LogP contribution is -2.44. The van der Waals surface area contributed by atoms with Crippen LogP contribution in [0.4, 0.5) is 0 Å². The van der Waals surface area contributed by atoms with E-state index in [0.717, 1.165) is 23.1 Å². The predicted octanol–water partition coefficient (Wildman–Crippen LogP) is 4.43. The molecule has 0 N–H and O–H groups in total. The molecule has 1 amide bonds. The van der Waals surface area contributed by atoms with E-state index in [-0.39, 0.29) is 24.6 Å². The van der Waals surface area contributed by atoms with E-state index in [1.54, 1.807) is 0 Å². The molecule has 0 saturated heterocycles. The summed E-state index contributed by atoms with van der Waals surface area (Å²) in [6, 6.07) is 6.40. The van der Waals surface area contributed by atoms with E-state index in [1.807, 2.05) is 38.7 Å². The number of ether oxygens (including phenoxy) is 1. The molecule has 0 aliphatic heterocycles. The van der Waals surface area contributed by atoms with Gasteiger partial charge in [0.2, 0.25) is 0 Å². The fourth-order valence-corrected chi connectivity index (χ4v) is 3.03. The number of carbonyl (C=O) groups excluding carboxylic acids is 1. The van der Waals surface area contributed by atoms with Crippen molar-refractivity contribution < 1.29 is 9.53 Å². The Bertz CT molecular complexity index is 464. The molecule has 1 aromatic carbocycles. The number of rotatable bonds is 7. The molecular weight excluding hydrogens is 330 g/mol. The molecule has 21 heavy (non-hydrogen) atoms. The molecule has 4 heteroatoms. The molecule has 3 nitrogen and oxygen atoms in total. The minimum atomic E-state index is 0.0181. The number of amides is 1. The van der Waals surface area contributed by atoms with Gasteiger partial charge in [-0.2, -0.15) is 0 Å². The van der Waals surface area contributed by atoms with Crippen molar-refractivity contribution in [1.82, 2.24) is 4.90 Å². The highest BCUT2D eigenvalue weighted by Gasteiger charge is 2.20. The zero-order valence-corrected chi connectivity index (χ0v) is 15.2. The molecule has 0 radical (unpaired) electrons. The van der Waals surface area contributed by atoms with Crippen LogP contribution >= 0.6 is 15.9 Å². The number of carbonyl (C=O) groups is 1. The first kappa shape index (κ1) is 18.0. The molecule has 0 unspecified atom stereocenters. The Labute approximate surface area is 136 Å². The predicted molar refractivity (Wildman–Crippen MR) is 90.8 cm³/mol. The Morgan fingerprint density at radius 1 is 1.24 bits per heavy atom. The summed E-state index contributed by atoms with van der Waals surface area (Å²) in [5.74, 6) is 0.736. The Hall–Kier alpha value is -1.03. The second-order valence-electron chi connectivity index (χ2n) is 5.79. The van der Waals surface area contributed by atoms with Crippen LogP contribution in [-0.4, -0.2) is 29.5 Å². The average molecular weight is 356 g/mol. The zero-order valence-electron chi connectivity index (χ0n) is 13.6. The highest BCUT2D eigenvalue weighted by Crippen LogP contribution is 2.26. The lowest BCUT2D eigenvalue weighted by Gasteiger charge is -2.30. The number of aryl methyl sites for hydroxylation is 1. The number of benzene rings is 1. The van der Waals surface area contributed by atoms with Gasteiger partial charge in [0.15, 0.2) is 6.61 Å². The summed E-state index contributed by atoms with van der Waals surface area (Å²) in [5.41, 5.74) is 1.27. The van der Waals surface area contributed by atoms with Crippen LogP contribution in [0.15, 0.2) is 22.7 Å². The van der Waals surface area contributed by atoms with Gasteiger partial charge in [-0.3, -0.25) is 4.79 Å². The van der Waals surface area contributed by atoms with Crippen LogP contribution in [0.5, 0.6) is 5.75 Å². The quantitative estimate of drug-likeness (QED) is 0.724. The first-order valence-electron chi connectivity index (χ1n) is 7.59. The van der Waals surface area contributed by atoms with Crippen molar-refractivity contribution in [2.75, 3.05) is 6.61 Å². The summed E-state index contributed by atoms with van der Waals surface area (Å²) < 4.78 is 6.58. The monoisotopic (exact) mass is 355 g/mol. The van der Waals surface area contributed by atoms with E-state index in [9.17, 15) is 4.79 Å². The second-order valence-corrected chi connectivity index (χ2v) is 6.65. The Kier molecular flexibility index (Phi) is 7.23. The minimum Gasteiger partial charge on any atom is -0.483 e. The van der Waals surface area contributed by atoms with Gasteiger partial charge in [-0.05, 0) is 67.7 Å². The Morgan fingerprint density at radius 2 is 1.86 bits per heavy atom. The molecule has 0 spiro atoms. The van der Waals surface area contributed by atoms with Crippen molar-refractivity contribution in [3.05, 3.63) is 28.2 Å². The summed E-state index contributed by atoms with van der Waals surface area (Å²) in [5, 5.41) is 0. The van der Waals surface area contributed by atoms with Crippen LogP contribution in [0.1, 0.15) is 46.6 Å². The highest BCUT2D eigenvalue weighted by atomic mass is 79.9. The van der Waals surface area contributed by atoms with Crippen molar-refractivity contribution >= 4 is 21.8 Å². The number of hydrogen-bond acceptors (Lipinski definition) is 2. The van der Waals surface area contributed by atoms with Gasteiger partial charge < -0.3 is 9.64 Å². The standard InChI is InChI=1S/C17H26BrNO2/c1-6-7-14-8-9-16(15(18)10-14)21-11-17(20)19(12(2)3)13(4)5/h8-10,12-13H,6-7,11H2,1-5H3. The molecule has 0 bridgehead atoms. The summed E-state index contributed by atoms with van der Waals surface area (Å²) in [6.45, 7) is 10.3. The summed E-state index contributed by atoms with van der Waals surface area (Å²) in [4.78, 5) is 14.1. The molecule has 0 aliphatic rings. The molecule has 118 valence electrons. The largest absolute Gasteiger partial charge is 0.483 e. The number of hydrogen-bond donors (Lipinski definition) is 0. The van der Waals surface area contributed by atoms with Crippen LogP contribution in [0, 0.1) is 0 Å². The number of halogens is 1.